The molecule has 3 nitrogen and oxygen atoms in total. The largest absolute Gasteiger partial charge is 0.461 e. The van der Waals surface area contributed by atoms with Crippen molar-refractivity contribution < 1.29 is 14.6 Å². The first kappa shape index (κ1) is 14.1. The predicted molar refractivity (Wildman–Crippen MR) is 73.4 cm³/mol. The smallest absolute Gasteiger partial charge is 0.312 e. The Morgan fingerprint density at radius 2 is 2.16 bits per heavy atom. The van der Waals surface area contributed by atoms with E-state index in [0.717, 1.165) is 24.8 Å². The molecule has 0 spiro atoms. The minimum Gasteiger partial charge on any atom is -0.461 e. The number of hydrogen-bond acceptors (Lipinski definition) is 3. The summed E-state index contributed by atoms with van der Waals surface area (Å²) in [7, 11) is 0. The van der Waals surface area contributed by atoms with Crippen molar-refractivity contribution in [1.82, 2.24) is 0 Å². The summed E-state index contributed by atoms with van der Waals surface area (Å²) in [6, 6.07) is 9.64. The molecule has 2 atom stereocenters. The maximum atomic E-state index is 12.1. The summed E-state index contributed by atoms with van der Waals surface area (Å²) < 4.78 is 5.35. The third-order valence-electron chi connectivity index (χ3n) is 3.94. The fourth-order valence-electron chi connectivity index (χ4n) is 2.95. The lowest BCUT2D eigenvalue weighted by molar-refractivity contribution is -0.158. The van der Waals surface area contributed by atoms with Gasteiger partial charge in [-0.1, -0.05) is 43.7 Å². The summed E-state index contributed by atoms with van der Waals surface area (Å²) in [5, 5.41) is 10.5. The van der Waals surface area contributed by atoms with Crippen LogP contribution >= 0.6 is 0 Å². The average molecular weight is 262 g/mol. The topological polar surface area (TPSA) is 46.5 Å². The molecule has 2 unspecified atom stereocenters. The molecule has 104 valence electrons. The number of carbonyl (C=O) groups is 1. The van der Waals surface area contributed by atoms with Crippen molar-refractivity contribution >= 4 is 5.97 Å². The van der Waals surface area contributed by atoms with E-state index in [1.165, 1.54) is 0 Å². The maximum absolute atomic E-state index is 12.1. The Balaban J connectivity index is 1.92. The number of carbonyl (C=O) groups excluding carboxylic acids is 1. The van der Waals surface area contributed by atoms with Crippen LogP contribution in [-0.4, -0.2) is 16.7 Å². The zero-order valence-corrected chi connectivity index (χ0v) is 11.5. The second kappa shape index (κ2) is 6.20. The van der Waals surface area contributed by atoms with Gasteiger partial charge >= 0.3 is 5.97 Å². The molecule has 3 heteroatoms. The van der Waals surface area contributed by atoms with Crippen LogP contribution in [0.4, 0.5) is 0 Å². The zero-order valence-electron chi connectivity index (χ0n) is 11.5. The molecule has 0 radical (unpaired) electrons. The molecular weight excluding hydrogens is 240 g/mol. The van der Waals surface area contributed by atoms with Crippen LogP contribution < -0.4 is 0 Å². The molecule has 1 fully saturated rings. The van der Waals surface area contributed by atoms with Crippen LogP contribution in [0.1, 0.15) is 44.6 Å². The van der Waals surface area contributed by atoms with Crippen molar-refractivity contribution in [3.05, 3.63) is 35.9 Å². The van der Waals surface area contributed by atoms with E-state index in [1.54, 1.807) is 0 Å². The van der Waals surface area contributed by atoms with Gasteiger partial charge in [-0.05, 0) is 31.2 Å². The van der Waals surface area contributed by atoms with E-state index in [-0.39, 0.29) is 11.9 Å². The number of esters is 1. The van der Waals surface area contributed by atoms with Crippen molar-refractivity contribution in [2.24, 2.45) is 5.92 Å². The lowest BCUT2D eigenvalue weighted by Crippen LogP contribution is -2.38. The first-order valence-corrected chi connectivity index (χ1v) is 7.08. The Morgan fingerprint density at radius 3 is 2.84 bits per heavy atom. The van der Waals surface area contributed by atoms with Gasteiger partial charge in [-0.25, -0.2) is 0 Å². The van der Waals surface area contributed by atoms with Crippen LogP contribution in [0.15, 0.2) is 30.3 Å². The molecule has 1 aromatic carbocycles. The van der Waals surface area contributed by atoms with Crippen LogP contribution in [0, 0.1) is 5.92 Å². The van der Waals surface area contributed by atoms with Gasteiger partial charge in [-0.3, -0.25) is 4.79 Å². The van der Waals surface area contributed by atoms with Crippen molar-refractivity contribution in [3.63, 3.8) is 0 Å². The SMILES string of the molecule is CCCC1(O)CCCC1C(=O)OCc1ccccc1. The summed E-state index contributed by atoms with van der Waals surface area (Å²) in [6.07, 6.45) is 3.93. The van der Waals surface area contributed by atoms with Crippen molar-refractivity contribution in [2.45, 2.75) is 51.2 Å². The molecule has 0 bridgehead atoms. The Hall–Kier alpha value is -1.35. The molecule has 1 aromatic rings. The molecule has 1 aliphatic carbocycles. The minimum absolute atomic E-state index is 0.252. The number of rotatable bonds is 5. The van der Waals surface area contributed by atoms with Gasteiger partial charge in [0.25, 0.3) is 0 Å². The van der Waals surface area contributed by atoms with E-state index in [1.807, 2.05) is 37.3 Å². The molecule has 1 saturated carbocycles. The summed E-state index contributed by atoms with van der Waals surface area (Å²) in [4.78, 5) is 12.1. The minimum atomic E-state index is -0.845. The van der Waals surface area contributed by atoms with Crippen LogP contribution in [0.5, 0.6) is 0 Å². The van der Waals surface area contributed by atoms with Gasteiger partial charge in [0.05, 0.1) is 11.5 Å². The molecule has 1 N–H and O–H groups in total. The maximum Gasteiger partial charge on any atom is 0.312 e. The normalized spacial score (nSPS) is 26.3. The van der Waals surface area contributed by atoms with Crippen molar-refractivity contribution in [3.8, 4) is 0 Å². The van der Waals surface area contributed by atoms with Crippen molar-refractivity contribution in [2.75, 3.05) is 0 Å². The number of aliphatic hydroxyl groups is 1. The van der Waals surface area contributed by atoms with E-state index >= 15 is 0 Å². The highest BCUT2D eigenvalue weighted by Crippen LogP contribution is 2.39. The standard InChI is InChI=1S/C16H22O3/c1-2-10-16(18)11-6-9-14(16)15(17)19-12-13-7-4-3-5-8-13/h3-5,7-8,14,18H,2,6,9-12H2,1H3. The van der Waals surface area contributed by atoms with E-state index in [2.05, 4.69) is 0 Å². The van der Waals surface area contributed by atoms with Crippen LogP contribution in [-0.2, 0) is 16.1 Å². The lowest BCUT2D eigenvalue weighted by atomic mass is 9.87. The van der Waals surface area contributed by atoms with Crippen molar-refractivity contribution in [1.29, 1.82) is 0 Å². The predicted octanol–water partition coefficient (Wildman–Crippen LogP) is 3.06. The molecule has 2 rings (SSSR count). The monoisotopic (exact) mass is 262 g/mol. The third-order valence-corrected chi connectivity index (χ3v) is 3.94. The summed E-state index contributed by atoms with van der Waals surface area (Å²) in [5.41, 5.74) is 0.135. The van der Waals surface area contributed by atoms with Crippen LogP contribution in [0.3, 0.4) is 0 Å². The quantitative estimate of drug-likeness (QED) is 0.830. The average Bonchev–Trinajstić information content (AvgIpc) is 2.79. The Kier molecular flexibility index (Phi) is 4.59. The summed E-state index contributed by atoms with van der Waals surface area (Å²) in [6.45, 7) is 2.32. The summed E-state index contributed by atoms with van der Waals surface area (Å²) >= 11 is 0. The Bertz CT molecular complexity index is 415. The van der Waals surface area contributed by atoms with Crippen LogP contribution in [0.25, 0.3) is 0 Å². The number of ether oxygens (including phenoxy) is 1. The molecule has 19 heavy (non-hydrogen) atoms. The van der Waals surface area contributed by atoms with E-state index < -0.39 is 5.60 Å². The van der Waals surface area contributed by atoms with Gasteiger partial charge in [-0.15, -0.1) is 0 Å². The van der Waals surface area contributed by atoms with E-state index in [9.17, 15) is 9.90 Å². The highest BCUT2D eigenvalue weighted by Gasteiger charge is 2.45. The fraction of sp³-hybridized carbons (Fsp3) is 0.562. The third kappa shape index (κ3) is 3.35. The molecule has 0 aliphatic heterocycles. The molecular formula is C16H22O3. The zero-order chi connectivity index (χ0) is 13.7. The lowest BCUT2D eigenvalue weighted by Gasteiger charge is -2.28. The Morgan fingerprint density at radius 1 is 1.42 bits per heavy atom. The van der Waals surface area contributed by atoms with Crippen LogP contribution in [0.2, 0.25) is 0 Å². The molecule has 0 amide bonds. The highest BCUT2D eigenvalue weighted by atomic mass is 16.5. The second-order valence-corrected chi connectivity index (χ2v) is 5.39. The summed E-state index contributed by atoms with van der Waals surface area (Å²) in [5.74, 6) is -0.603. The van der Waals surface area contributed by atoms with Gasteiger partial charge in [0.2, 0.25) is 0 Å². The van der Waals surface area contributed by atoms with Gasteiger partial charge in [0.15, 0.2) is 0 Å². The molecule has 0 heterocycles. The number of benzene rings is 1. The Labute approximate surface area is 114 Å². The van der Waals surface area contributed by atoms with Gasteiger partial charge in [0.1, 0.15) is 6.61 Å². The number of hydrogen-bond donors (Lipinski definition) is 1. The van der Waals surface area contributed by atoms with E-state index in [4.69, 9.17) is 4.74 Å². The molecule has 0 aromatic heterocycles. The molecule has 0 saturated heterocycles. The molecule has 1 aliphatic rings. The first-order chi connectivity index (χ1) is 9.15. The van der Waals surface area contributed by atoms with Gasteiger partial charge in [-0.2, -0.15) is 0 Å². The van der Waals surface area contributed by atoms with Gasteiger partial charge < -0.3 is 9.84 Å². The van der Waals surface area contributed by atoms with Gasteiger partial charge in [0, 0.05) is 0 Å². The first-order valence-electron chi connectivity index (χ1n) is 7.08. The fourth-order valence-corrected chi connectivity index (χ4v) is 2.95. The highest BCUT2D eigenvalue weighted by molar-refractivity contribution is 5.74. The van der Waals surface area contributed by atoms with E-state index in [0.29, 0.717) is 19.4 Å². The second-order valence-electron chi connectivity index (χ2n) is 5.39.